The molecule has 6 heteroatoms. The summed E-state index contributed by atoms with van der Waals surface area (Å²) in [6.07, 6.45) is 1.53. The predicted molar refractivity (Wildman–Crippen MR) is 64.4 cm³/mol. The summed E-state index contributed by atoms with van der Waals surface area (Å²) in [6, 6.07) is 3.49. The zero-order valence-electron chi connectivity index (χ0n) is 9.84. The third-order valence-corrected chi connectivity index (χ3v) is 2.22. The van der Waals surface area contributed by atoms with Gasteiger partial charge in [0.2, 0.25) is 0 Å². The molecule has 0 fully saturated rings. The second kappa shape index (κ2) is 4.82. The first-order chi connectivity index (χ1) is 8.15. The van der Waals surface area contributed by atoms with Gasteiger partial charge in [-0.05, 0) is 0 Å². The van der Waals surface area contributed by atoms with Crippen molar-refractivity contribution in [1.82, 2.24) is 15.1 Å². The average molecular weight is 233 g/mol. The number of nitrogens with two attached hydrogens (primary N) is 1. The molecule has 0 aromatic carbocycles. The van der Waals surface area contributed by atoms with Crippen molar-refractivity contribution >= 4 is 11.6 Å². The summed E-state index contributed by atoms with van der Waals surface area (Å²) in [5.41, 5.74) is 6.53. The fraction of sp³-hybridized carbons (Fsp3) is 0.364. The number of nitrogens with one attached hydrogen (secondary N) is 1. The maximum absolute atomic E-state index is 5.72. The molecule has 0 saturated heterocycles. The number of anilines is 2. The van der Waals surface area contributed by atoms with Crippen LogP contribution in [0.2, 0.25) is 0 Å². The third kappa shape index (κ3) is 2.93. The molecule has 2 rings (SSSR count). The first-order valence-corrected chi connectivity index (χ1v) is 5.42. The van der Waals surface area contributed by atoms with Crippen LogP contribution in [0.1, 0.15) is 31.3 Å². The smallest absolute Gasteiger partial charge is 0.135 e. The van der Waals surface area contributed by atoms with Crippen LogP contribution in [0, 0.1) is 0 Å². The lowest BCUT2D eigenvalue weighted by Gasteiger charge is -2.08. The maximum atomic E-state index is 5.72. The average Bonchev–Trinajstić information content (AvgIpc) is 2.78. The Morgan fingerprint density at radius 1 is 1.41 bits per heavy atom. The van der Waals surface area contributed by atoms with Gasteiger partial charge in [-0.25, -0.2) is 9.97 Å². The Balaban J connectivity index is 2.10. The van der Waals surface area contributed by atoms with Crippen molar-refractivity contribution < 1.29 is 4.52 Å². The van der Waals surface area contributed by atoms with E-state index in [1.807, 2.05) is 13.8 Å². The van der Waals surface area contributed by atoms with E-state index in [0.29, 0.717) is 18.2 Å². The molecule has 0 aliphatic heterocycles. The highest BCUT2D eigenvalue weighted by Gasteiger charge is 2.06. The molecule has 0 saturated carbocycles. The molecule has 0 aliphatic rings. The standard InChI is InChI=1S/C11H15N5O/c1-7(2)11-14-9(12)5-10(15-11)13-6-8-3-4-17-16-8/h3-5,7H,6H2,1-2H3,(H3,12,13,14,15). The van der Waals surface area contributed by atoms with Crippen LogP contribution in [0.4, 0.5) is 11.6 Å². The molecule has 3 N–H and O–H groups in total. The van der Waals surface area contributed by atoms with Gasteiger partial charge in [-0.2, -0.15) is 0 Å². The van der Waals surface area contributed by atoms with E-state index in [9.17, 15) is 0 Å². The summed E-state index contributed by atoms with van der Waals surface area (Å²) >= 11 is 0. The molecule has 0 amide bonds. The molecular formula is C11H15N5O. The van der Waals surface area contributed by atoms with Gasteiger partial charge in [0.05, 0.1) is 6.54 Å². The molecule has 0 spiro atoms. The van der Waals surface area contributed by atoms with Crippen LogP contribution in [0.5, 0.6) is 0 Å². The van der Waals surface area contributed by atoms with E-state index in [1.54, 1.807) is 12.1 Å². The number of rotatable bonds is 4. The Kier molecular flexibility index (Phi) is 3.22. The van der Waals surface area contributed by atoms with Crippen LogP contribution in [0.3, 0.4) is 0 Å². The molecule has 2 aromatic rings. The zero-order valence-corrected chi connectivity index (χ0v) is 9.84. The highest BCUT2D eigenvalue weighted by atomic mass is 16.5. The van der Waals surface area contributed by atoms with Crippen molar-refractivity contribution in [3.05, 3.63) is 29.9 Å². The second-order valence-corrected chi connectivity index (χ2v) is 4.04. The molecule has 0 bridgehead atoms. The molecule has 6 nitrogen and oxygen atoms in total. The highest BCUT2D eigenvalue weighted by molar-refractivity contribution is 5.45. The Bertz CT molecular complexity index is 481. The lowest BCUT2D eigenvalue weighted by Crippen LogP contribution is -2.07. The predicted octanol–water partition coefficient (Wildman–Crippen LogP) is 1.78. The van der Waals surface area contributed by atoms with Crippen molar-refractivity contribution in [2.75, 3.05) is 11.1 Å². The van der Waals surface area contributed by atoms with Gasteiger partial charge >= 0.3 is 0 Å². The number of aromatic nitrogens is 3. The van der Waals surface area contributed by atoms with E-state index in [0.717, 1.165) is 11.5 Å². The van der Waals surface area contributed by atoms with E-state index >= 15 is 0 Å². The first kappa shape index (κ1) is 11.4. The summed E-state index contributed by atoms with van der Waals surface area (Å²) < 4.78 is 4.74. The van der Waals surface area contributed by atoms with Crippen molar-refractivity contribution in [2.45, 2.75) is 26.3 Å². The van der Waals surface area contributed by atoms with Crippen LogP contribution < -0.4 is 11.1 Å². The van der Waals surface area contributed by atoms with Crippen LogP contribution in [-0.4, -0.2) is 15.1 Å². The molecule has 0 radical (unpaired) electrons. The molecule has 0 atom stereocenters. The van der Waals surface area contributed by atoms with Crippen molar-refractivity contribution in [3.63, 3.8) is 0 Å². The van der Waals surface area contributed by atoms with E-state index < -0.39 is 0 Å². The number of hydrogen-bond acceptors (Lipinski definition) is 6. The lowest BCUT2D eigenvalue weighted by molar-refractivity contribution is 0.412. The molecular weight excluding hydrogens is 218 g/mol. The molecule has 90 valence electrons. The SMILES string of the molecule is CC(C)c1nc(N)cc(NCc2ccon2)n1. The van der Waals surface area contributed by atoms with E-state index in [4.69, 9.17) is 10.3 Å². The summed E-state index contributed by atoms with van der Waals surface area (Å²) in [5, 5.41) is 6.93. The van der Waals surface area contributed by atoms with Gasteiger partial charge in [-0.3, -0.25) is 0 Å². The fourth-order valence-corrected chi connectivity index (χ4v) is 1.34. The van der Waals surface area contributed by atoms with Crippen molar-refractivity contribution in [1.29, 1.82) is 0 Å². The van der Waals surface area contributed by atoms with Gasteiger partial charge in [0.25, 0.3) is 0 Å². The monoisotopic (exact) mass is 233 g/mol. The highest BCUT2D eigenvalue weighted by Crippen LogP contribution is 2.15. The minimum atomic E-state index is 0.242. The molecule has 17 heavy (non-hydrogen) atoms. The van der Waals surface area contributed by atoms with Gasteiger partial charge in [-0.15, -0.1) is 0 Å². The molecule has 0 unspecified atom stereocenters. The zero-order chi connectivity index (χ0) is 12.3. The Labute approximate surface area is 99.2 Å². The van der Waals surface area contributed by atoms with Crippen LogP contribution >= 0.6 is 0 Å². The van der Waals surface area contributed by atoms with Crippen molar-refractivity contribution in [2.24, 2.45) is 0 Å². The summed E-state index contributed by atoms with van der Waals surface area (Å²) in [7, 11) is 0. The van der Waals surface area contributed by atoms with E-state index in [2.05, 4.69) is 20.4 Å². The first-order valence-electron chi connectivity index (χ1n) is 5.42. The summed E-state index contributed by atoms with van der Waals surface area (Å²) in [6.45, 7) is 4.59. The topological polar surface area (TPSA) is 89.9 Å². The van der Waals surface area contributed by atoms with E-state index in [1.165, 1.54) is 6.26 Å². The Morgan fingerprint density at radius 2 is 2.24 bits per heavy atom. The molecule has 2 heterocycles. The second-order valence-electron chi connectivity index (χ2n) is 4.04. The van der Waals surface area contributed by atoms with Gasteiger partial charge < -0.3 is 15.6 Å². The Hall–Kier alpha value is -2.11. The molecule has 0 aliphatic carbocycles. The third-order valence-electron chi connectivity index (χ3n) is 2.22. The summed E-state index contributed by atoms with van der Waals surface area (Å²) in [5.74, 6) is 2.13. The summed E-state index contributed by atoms with van der Waals surface area (Å²) in [4.78, 5) is 8.54. The van der Waals surface area contributed by atoms with Crippen LogP contribution in [0.25, 0.3) is 0 Å². The van der Waals surface area contributed by atoms with Crippen molar-refractivity contribution in [3.8, 4) is 0 Å². The quantitative estimate of drug-likeness (QED) is 0.836. The van der Waals surface area contributed by atoms with Gasteiger partial charge in [-0.1, -0.05) is 19.0 Å². The minimum absolute atomic E-state index is 0.242. The number of hydrogen-bond donors (Lipinski definition) is 2. The van der Waals surface area contributed by atoms with E-state index in [-0.39, 0.29) is 5.92 Å². The maximum Gasteiger partial charge on any atom is 0.135 e. The van der Waals surface area contributed by atoms with Gasteiger partial charge in [0, 0.05) is 18.1 Å². The number of nitrogens with zero attached hydrogens (tertiary/aromatic N) is 3. The Morgan fingerprint density at radius 3 is 2.88 bits per heavy atom. The normalized spacial score (nSPS) is 10.8. The largest absolute Gasteiger partial charge is 0.384 e. The van der Waals surface area contributed by atoms with Gasteiger partial charge in [0.15, 0.2) is 0 Å². The van der Waals surface area contributed by atoms with Crippen LogP contribution in [-0.2, 0) is 6.54 Å². The molecule has 2 aromatic heterocycles. The number of nitrogen functional groups attached to an aromatic ring is 1. The fourth-order valence-electron chi connectivity index (χ4n) is 1.34. The van der Waals surface area contributed by atoms with Gasteiger partial charge in [0.1, 0.15) is 29.4 Å². The minimum Gasteiger partial charge on any atom is -0.384 e. The van der Waals surface area contributed by atoms with Crippen LogP contribution in [0.15, 0.2) is 22.9 Å². The lowest BCUT2D eigenvalue weighted by atomic mass is 10.2.